The first-order chi connectivity index (χ1) is 6.14. The molecule has 4 heteroatoms. The summed E-state index contributed by atoms with van der Waals surface area (Å²) in [6, 6.07) is 0. The van der Waals surface area contributed by atoms with E-state index in [-0.39, 0.29) is 11.1 Å². The van der Waals surface area contributed by atoms with Crippen molar-refractivity contribution in [2.75, 3.05) is 6.61 Å². The average molecular weight is 201 g/mol. The first-order valence-corrected chi connectivity index (χ1v) is 4.83. The zero-order chi connectivity index (χ0) is 11.4. The van der Waals surface area contributed by atoms with Crippen molar-refractivity contribution in [1.82, 2.24) is 5.43 Å². The number of ether oxygens (including phenoxy) is 1. The lowest BCUT2D eigenvalue weighted by molar-refractivity contribution is 0.0200. The van der Waals surface area contributed by atoms with Crippen molar-refractivity contribution >= 4 is 5.84 Å². The van der Waals surface area contributed by atoms with Crippen LogP contribution in [0.5, 0.6) is 0 Å². The molecule has 0 aromatic rings. The predicted molar refractivity (Wildman–Crippen MR) is 60.2 cm³/mol. The fourth-order valence-electron chi connectivity index (χ4n) is 0.796. The van der Waals surface area contributed by atoms with Gasteiger partial charge in [0.2, 0.25) is 0 Å². The molecule has 0 saturated heterocycles. The second-order valence-electron chi connectivity index (χ2n) is 5.27. The SMILES string of the molecule is CC(C)(C)N=C(COC(C)(C)C)NN. The van der Waals surface area contributed by atoms with Crippen molar-refractivity contribution in [3.63, 3.8) is 0 Å². The Kier molecular flexibility index (Phi) is 4.55. The van der Waals surface area contributed by atoms with Gasteiger partial charge in [-0.25, -0.2) is 5.84 Å². The summed E-state index contributed by atoms with van der Waals surface area (Å²) in [5.74, 6) is 6.02. The number of amidine groups is 1. The van der Waals surface area contributed by atoms with Gasteiger partial charge in [-0.05, 0) is 41.5 Å². The van der Waals surface area contributed by atoms with Gasteiger partial charge in [0.05, 0.1) is 11.1 Å². The Morgan fingerprint density at radius 2 is 1.71 bits per heavy atom. The molecule has 0 bridgehead atoms. The van der Waals surface area contributed by atoms with E-state index >= 15 is 0 Å². The van der Waals surface area contributed by atoms with E-state index in [9.17, 15) is 0 Å². The van der Waals surface area contributed by atoms with Crippen molar-refractivity contribution in [2.45, 2.75) is 52.7 Å². The van der Waals surface area contributed by atoms with Crippen molar-refractivity contribution in [3.8, 4) is 0 Å². The van der Waals surface area contributed by atoms with Gasteiger partial charge in [-0.3, -0.25) is 4.99 Å². The highest BCUT2D eigenvalue weighted by Gasteiger charge is 2.14. The topological polar surface area (TPSA) is 59.6 Å². The molecule has 0 radical (unpaired) electrons. The van der Waals surface area contributed by atoms with Gasteiger partial charge in [-0.1, -0.05) is 0 Å². The van der Waals surface area contributed by atoms with Crippen molar-refractivity contribution in [2.24, 2.45) is 10.8 Å². The Morgan fingerprint density at radius 1 is 1.21 bits per heavy atom. The molecule has 0 aromatic heterocycles. The third kappa shape index (κ3) is 8.01. The minimum atomic E-state index is -0.171. The molecule has 0 rings (SSSR count). The van der Waals surface area contributed by atoms with E-state index in [0.717, 1.165) is 0 Å². The summed E-state index contributed by atoms with van der Waals surface area (Å²) in [5, 5.41) is 0. The van der Waals surface area contributed by atoms with Crippen LogP contribution in [0.15, 0.2) is 4.99 Å². The zero-order valence-corrected chi connectivity index (χ0v) is 10.1. The van der Waals surface area contributed by atoms with E-state index in [2.05, 4.69) is 10.4 Å². The molecule has 0 aliphatic rings. The maximum atomic E-state index is 5.55. The van der Waals surface area contributed by atoms with Gasteiger partial charge in [-0.15, -0.1) is 0 Å². The number of rotatable bonds is 2. The molecule has 0 saturated carbocycles. The van der Waals surface area contributed by atoms with Crippen molar-refractivity contribution in [3.05, 3.63) is 0 Å². The summed E-state index contributed by atoms with van der Waals surface area (Å²) in [6.07, 6.45) is 0. The summed E-state index contributed by atoms with van der Waals surface area (Å²) in [4.78, 5) is 4.39. The molecule has 0 amide bonds. The van der Waals surface area contributed by atoms with Gasteiger partial charge in [-0.2, -0.15) is 0 Å². The van der Waals surface area contributed by atoms with Gasteiger partial charge >= 0.3 is 0 Å². The molecule has 0 fully saturated rings. The Labute approximate surface area is 86.9 Å². The van der Waals surface area contributed by atoms with Crippen LogP contribution in [0.4, 0.5) is 0 Å². The highest BCUT2D eigenvalue weighted by atomic mass is 16.5. The van der Waals surface area contributed by atoms with E-state index < -0.39 is 0 Å². The number of hydrogen-bond acceptors (Lipinski definition) is 3. The van der Waals surface area contributed by atoms with Crippen LogP contribution in [0.3, 0.4) is 0 Å². The normalized spacial score (nSPS) is 14.4. The summed E-state index contributed by atoms with van der Waals surface area (Å²) in [5.41, 5.74) is 2.25. The summed E-state index contributed by atoms with van der Waals surface area (Å²) in [7, 11) is 0. The van der Waals surface area contributed by atoms with Crippen LogP contribution < -0.4 is 11.3 Å². The molecular weight excluding hydrogens is 178 g/mol. The van der Waals surface area contributed by atoms with Crippen molar-refractivity contribution < 1.29 is 4.74 Å². The first kappa shape index (κ1) is 13.4. The van der Waals surface area contributed by atoms with Gasteiger partial charge in [0.15, 0.2) is 0 Å². The first-order valence-electron chi connectivity index (χ1n) is 4.83. The van der Waals surface area contributed by atoms with E-state index in [1.807, 2.05) is 41.5 Å². The number of nitrogens with two attached hydrogens (primary N) is 1. The molecule has 0 spiro atoms. The standard InChI is InChI=1S/C10H23N3O/c1-9(2,3)12-8(13-11)7-14-10(4,5)6/h7,11H2,1-6H3,(H,12,13). The van der Waals surface area contributed by atoms with Crippen LogP contribution in [0, 0.1) is 0 Å². The molecule has 0 unspecified atom stereocenters. The molecule has 0 aliphatic heterocycles. The number of aliphatic imine (C=N–C) groups is 1. The third-order valence-electron chi connectivity index (χ3n) is 1.28. The van der Waals surface area contributed by atoms with E-state index in [0.29, 0.717) is 12.4 Å². The molecule has 14 heavy (non-hydrogen) atoms. The molecule has 0 aliphatic carbocycles. The van der Waals surface area contributed by atoms with Gasteiger partial charge in [0, 0.05) is 0 Å². The Hall–Kier alpha value is -0.610. The minimum absolute atomic E-state index is 0.136. The maximum Gasteiger partial charge on any atom is 0.137 e. The Balaban J connectivity index is 4.25. The second-order valence-corrected chi connectivity index (χ2v) is 5.27. The number of hydrogen-bond donors (Lipinski definition) is 2. The lowest BCUT2D eigenvalue weighted by atomic mass is 10.1. The van der Waals surface area contributed by atoms with Crippen LogP contribution in [0.1, 0.15) is 41.5 Å². The number of nitrogens with one attached hydrogen (secondary N) is 1. The van der Waals surface area contributed by atoms with Crippen LogP contribution in [0.25, 0.3) is 0 Å². The van der Waals surface area contributed by atoms with Gasteiger partial charge in [0.25, 0.3) is 0 Å². The smallest absolute Gasteiger partial charge is 0.137 e. The van der Waals surface area contributed by atoms with Crippen LogP contribution in [-0.4, -0.2) is 23.6 Å². The molecule has 0 atom stereocenters. The summed E-state index contributed by atoms with van der Waals surface area (Å²) in [6.45, 7) is 12.5. The average Bonchev–Trinajstić information content (AvgIpc) is 1.94. The lowest BCUT2D eigenvalue weighted by Gasteiger charge is -2.21. The quantitative estimate of drug-likeness (QED) is 0.308. The minimum Gasteiger partial charge on any atom is -0.368 e. The Bertz CT molecular complexity index is 198. The molecule has 4 nitrogen and oxygen atoms in total. The third-order valence-corrected chi connectivity index (χ3v) is 1.28. The van der Waals surface area contributed by atoms with E-state index in [4.69, 9.17) is 10.6 Å². The summed E-state index contributed by atoms with van der Waals surface area (Å²) < 4.78 is 5.55. The highest BCUT2D eigenvalue weighted by molar-refractivity contribution is 5.83. The fourth-order valence-corrected chi connectivity index (χ4v) is 0.796. The largest absolute Gasteiger partial charge is 0.368 e. The van der Waals surface area contributed by atoms with Crippen LogP contribution in [-0.2, 0) is 4.74 Å². The number of nitrogens with zero attached hydrogens (tertiary/aromatic N) is 1. The Morgan fingerprint density at radius 3 is 2.00 bits per heavy atom. The molecular formula is C10H23N3O. The molecule has 84 valence electrons. The van der Waals surface area contributed by atoms with E-state index in [1.165, 1.54) is 0 Å². The molecule has 3 N–H and O–H groups in total. The van der Waals surface area contributed by atoms with Crippen LogP contribution >= 0.6 is 0 Å². The van der Waals surface area contributed by atoms with E-state index in [1.54, 1.807) is 0 Å². The highest BCUT2D eigenvalue weighted by Crippen LogP contribution is 2.09. The fraction of sp³-hybridized carbons (Fsp3) is 0.900. The van der Waals surface area contributed by atoms with Gasteiger partial charge < -0.3 is 10.2 Å². The van der Waals surface area contributed by atoms with Crippen molar-refractivity contribution in [1.29, 1.82) is 0 Å². The van der Waals surface area contributed by atoms with Gasteiger partial charge in [0.1, 0.15) is 12.4 Å². The maximum absolute atomic E-state index is 5.55. The molecule has 0 aromatic carbocycles. The summed E-state index contributed by atoms with van der Waals surface area (Å²) >= 11 is 0. The number of hydrazine groups is 1. The monoisotopic (exact) mass is 201 g/mol. The van der Waals surface area contributed by atoms with Crippen LogP contribution in [0.2, 0.25) is 0 Å². The predicted octanol–water partition coefficient (Wildman–Crippen LogP) is 1.46. The lowest BCUT2D eigenvalue weighted by Crippen LogP contribution is -2.38. The molecule has 0 heterocycles. The second kappa shape index (κ2) is 4.75. The zero-order valence-electron chi connectivity index (χ0n) is 10.1.